The van der Waals surface area contributed by atoms with Gasteiger partial charge in [-0.2, -0.15) is 11.8 Å². The zero-order chi connectivity index (χ0) is 12.2. The van der Waals surface area contributed by atoms with Crippen molar-refractivity contribution in [1.29, 1.82) is 0 Å². The Bertz CT molecular complexity index is 240. The number of thiocarbonyl (C=S) groups is 1. The van der Waals surface area contributed by atoms with Crippen LogP contribution in [0.15, 0.2) is 0 Å². The highest BCUT2D eigenvalue weighted by Gasteiger charge is 2.37. The molecule has 1 fully saturated rings. The lowest BCUT2D eigenvalue weighted by atomic mass is 9.95. The van der Waals surface area contributed by atoms with Crippen LogP contribution in [0.2, 0.25) is 0 Å². The SMILES string of the molecule is COCC(C)N1CCC(SC)(C(N)=S)CC1. The molecule has 2 N–H and O–H groups in total. The van der Waals surface area contributed by atoms with Crippen molar-refractivity contribution in [2.24, 2.45) is 5.73 Å². The van der Waals surface area contributed by atoms with Crippen LogP contribution in [0.5, 0.6) is 0 Å². The van der Waals surface area contributed by atoms with E-state index in [0.717, 1.165) is 32.5 Å². The third-order valence-corrected chi connectivity index (χ3v) is 5.41. The van der Waals surface area contributed by atoms with Gasteiger partial charge in [-0.3, -0.25) is 4.90 Å². The van der Waals surface area contributed by atoms with Crippen LogP contribution in [0.25, 0.3) is 0 Å². The molecule has 1 atom stereocenters. The zero-order valence-corrected chi connectivity index (χ0v) is 12.0. The van der Waals surface area contributed by atoms with Gasteiger partial charge in [0.25, 0.3) is 0 Å². The molecule has 0 aromatic carbocycles. The molecule has 0 spiro atoms. The summed E-state index contributed by atoms with van der Waals surface area (Å²) in [5.41, 5.74) is 5.86. The third-order valence-electron chi connectivity index (χ3n) is 3.48. The summed E-state index contributed by atoms with van der Waals surface area (Å²) in [6, 6.07) is 0.483. The van der Waals surface area contributed by atoms with E-state index in [9.17, 15) is 0 Å². The van der Waals surface area contributed by atoms with Gasteiger partial charge in [-0.05, 0) is 26.0 Å². The predicted octanol–water partition coefficient (Wildman–Crippen LogP) is 1.51. The monoisotopic (exact) mass is 262 g/mol. The molecule has 0 radical (unpaired) electrons. The van der Waals surface area contributed by atoms with Gasteiger partial charge in [0.05, 0.1) is 16.3 Å². The average Bonchev–Trinajstić information content (AvgIpc) is 2.29. The van der Waals surface area contributed by atoms with Crippen molar-refractivity contribution < 1.29 is 4.74 Å². The number of piperidine rings is 1. The maximum atomic E-state index is 5.86. The molecule has 0 amide bonds. The van der Waals surface area contributed by atoms with Crippen molar-refractivity contribution in [2.45, 2.75) is 30.6 Å². The van der Waals surface area contributed by atoms with E-state index in [1.807, 2.05) is 0 Å². The van der Waals surface area contributed by atoms with E-state index >= 15 is 0 Å². The normalized spacial score (nSPS) is 22.9. The summed E-state index contributed by atoms with van der Waals surface area (Å²) in [4.78, 5) is 3.12. The lowest BCUT2D eigenvalue weighted by molar-refractivity contribution is 0.0842. The number of thioether (sulfide) groups is 1. The summed E-state index contributed by atoms with van der Waals surface area (Å²) in [5, 5.41) is 0. The van der Waals surface area contributed by atoms with Gasteiger partial charge < -0.3 is 10.5 Å². The molecule has 3 nitrogen and oxygen atoms in total. The first-order valence-electron chi connectivity index (χ1n) is 5.64. The molecule has 5 heteroatoms. The number of nitrogens with zero attached hydrogens (tertiary/aromatic N) is 1. The van der Waals surface area contributed by atoms with Crippen LogP contribution in [-0.4, -0.2) is 53.7 Å². The second kappa shape index (κ2) is 6.19. The van der Waals surface area contributed by atoms with Gasteiger partial charge >= 0.3 is 0 Å². The Hall–Kier alpha value is 0.160. The lowest BCUT2D eigenvalue weighted by Crippen LogP contribution is -2.52. The van der Waals surface area contributed by atoms with Crippen LogP contribution in [0, 0.1) is 0 Å². The minimum atomic E-state index is 0.0264. The van der Waals surface area contributed by atoms with Crippen molar-refractivity contribution >= 4 is 29.0 Å². The molecule has 0 aliphatic carbocycles. The first kappa shape index (κ1) is 14.2. The number of nitrogens with two attached hydrogens (primary N) is 1. The smallest absolute Gasteiger partial charge is 0.0891 e. The molecule has 0 saturated carbocycles. The number of ether oxygens (including phenoxy) is 1. The highest BCUT2D eigenvalue weighted by Crippen LogP contribution is 2.35. The Morgan fingerprint density at radius 1 is 1.56 bits per heavy atom. The van der Waals surface area contributed by atoms with Gasteiger partial charge in [-0.25, -0.2) is 0 Å². The van der Waals surface area contributed by atoms with Gasteiger partial charge in [-0.1, -0.05) is 12.2 Å². The first-order chi connectivity index (χ1) is 7.55. The molecule has 1 aliphatic heterocycles. The Morgan fingerprint density at radius 3 is 2.50 bits per heavy atom. The third kappa shape index (κ3) is 3.09. The first-order valence-corrected chi connectivity index (χ1v) is 7.27. The standard InChI is InChI=1S/C11H22N2OS2/c1-9(8-14-2)13-6-4-11(16-3,5-7-13)10(12)15/h9H,4-8H2,1-3H3,(H2,12,15). The van der Waals surface area contributed by atoms with E-state index < -0.39 is 0 Å². The van der Waals surface area contributed by atoms with Gasteiger partial charge in [0.2, 0.25) is 0 Å². The predicted molar refractivity (Wildman–Crippen MR) is 75.2 cm³/mol. The highest BCUT2D eigenvalue weighted by molar-refractivity contribution is 8.01. The van der Waals surface area contributed by atoms with Gasteiger partial charge in [0.1, 0.15) is 0 Å². The molecule has 1 heterocycles. The minimum absolute atomic E-state index is 0.0264. The van der Waals surface area contributed by atoms with Gasteiger partial charge in [-0.15, -0.1) is 0 Å². The summed E-state index contributed by atoms with van der Waals surface area (Å²) in [6.07, 6.45) is 4.21. The van der Waals surface area contributed by atoms with Crippen molar-refractivity contribution in [3.63, 3.8) is 0 Å². The van der Waals surface area contributed by atoms with E-state index in [0.29, 0.717) is 11.0 Å². The highest BCUT2D eigenvalue weighted by atomic mass is 32.2. The van der Waals surface area contributed by atoms with Crippen molar-refractivity contribution in [3.05, 3.63) is 0 Å². The Kier molecular flexibility index (Phi) is 5.50. The molecule has 1 rings (SSSR count). The topological polar surface area (TPSA) is 38.5 Å². The minimum Gasteiger partial charge on any atom is -0.392 e. The summed E-state index contributed by atoms with van der Waals surface area (Å²) in [6.45, 7) is 5.11. The maximum absolute atomic E-state index is 5.86. The summed E-state index contributed by atoms with van der Waals surface area (Å²) < 4.78 is 5.21. The van der Waals surface area contributed by atoms with Crippen LogP contribution in [-0.2, 0) is 4.74 Å². The molecular weight excluding hydrogens is 240 g/mol. The molecular formula is C11H22N2OS2. The van der Waals surface area contributed by atoms with Crippen LogP contribution in [0.3, 0.4) is 0 Å². The lowest BCUT2D eigenvalue weighted by Gasteiger charge is -2.42. The fourth-order valence-corrected chi connectivity index (χ4v) is 3.47. The second-order valence-electron chi connectivity index (χ2n) is 4.40. The molecule has 16 heavy (non-hydrogen) atoms. The van der Waals surface area contributed by atoms with Crippen LogP contribution < -0.4 is 5.73 Å². The number of likely N-dealkylation sites (tertiary alicyclic amines) is 1. The van der Waals surface area contributed by atoms with E-state index in [1.54, 1.807) is 18.9 Å². The zero-order valence-electron chi connectivity index (χ0n) is 10.4. The Balaban J connectivity index is 2.52. The van der Waals surface area contributed by atoms with Crippen molar-refractivity contribution in [2.75, 3.05) is 33.1 Å². The molecule has 0 bridgehead atoms. The Morgan fingerprint density at radius 2 is 2.12 bits per heavy atom. The number of rotatable bonds is 5. The van der Waals surface area contributed by atoms with E-state index in [2.05, 4.69) is 18.1 Å². The second-order valence-corrected chi connectivity index (χ2v) is 6.03. The molecule has 0 aromatic heterocycles. The average molecular weight is 262 g/mol. The van der Waals surface area contributed by atoms with Gasteiger partial charge in [0, 0.05) is 26.2 Å². The van der Waals surface area contributed by atoms with E-state index in [-0.39, 0.29) is 4.75 Å². The summed E-state index contributed by atoms with van der Waals surface area (Å²) in [7, 11) is 1.75. The van der Waals surface area contributed by atoms with Crippen LogP contribution in [0.4, 0.5) is 0 Å². The quantitative estimate of drug-likeness (QED) is 0.760. The fraction of sp³-hybridized carbons (Fsp3) is 0.909. The summed E-state index contributed by atoms with van der Waals surface area (Å²) >= 11 is 7.00. The molecule has 94 valence electrons. The Labute approximate surface area is 108 Å². The number of hydrogen-bond donors (Lipinski definition) is 1. The van der Waals surface area contributed by atoms with E-state index in [1.165, 1.54) is 0 Å². The number of hydrogen-bond acceptors (Lipinski definition) is 4. The fourth-order valence-electron chi connectivity index (χ4n) is 2.22. The molecule has 1 saturated heterocycles. The maximum Gasteiger partial charge on any atom is 0.0891 e. The van der Waals surface area contributed by atoms with Crippen molar-refractivity contribution in [1.82, 2.24) is 4.90 Å². The summed E-state index contributed by atoms with van der Waals surface area (Å²) in [5.74, 6) is 0. The molecule has 0 aromatic rings. The van der Waals surface area contributed by atoms with Crippen LogP contribution >= 0.6 is 24.0 Å². The van der Waals surface area contributed by atoms with E-state index in [4.69, 9.17) is 22.7 Å². The van der Waals surface area contributed by atoms with Gasteiger partial charge in [0.15, 0.2) is 0 Å². The molecule has 1 unspecified atom stereocenters. The van der Waals surface area contributed by atoms with Crippen molar-refractivity contribution in [3.8, 4) is 0 Å². The largest absolute Gasteiger partial charge is 0.392 e. The van der Waals surface area contributed by atoms with Crippen LogP contribution in [0.1, 0.15) is 19.8 Å². The molecule has 1 aliphatic rings. The number of methoxy groups -OCH3 is 1.